The standard InChI is InChI=1S/C17H16F2N4O/c1-10-5-3-4-6-11(10)17(7-8-17)16-20-15(24-22-16)13-9-12(14(18)19)21-23(13)2/h3-6,9,14H,7-8H2,1-2H3. The molecule has 1 fully saturated rings. The maximum atomic E-state index is 12.8. The fourth-order valence-electron chi connectivity index (χ4n) is 3.17. The first kappa shape index (κ1) is 15.0. The average molecular weight is 330 g/mol. The molecule has 124 valence electrons. The van der Waals surface area contributed by atoms with Gasteiger partial charge in [-0.2, -0.15) is 10.1 Å². The lowest BCUT2D eigenvalue weighted by Crippen LogP contribution is -2.12. The van der Waals surface area contributed by atoms with Crippen molar-refractivity contribution in [3.63, 3.8) is 0 Å². The van der Waals surface area contributed by atoms with Crippen LogP contribution in [-0.4, -0.2) is 19.9 Å². The van der Waals surface area contributed by atoms with E-state index in [4.69, 9.17) is 4.52 Å². The van der Waals surface area contributed by atoms with Gasteiger partial charge in [-0.05, 0) is 37.0 Å². The van der Waals surface area contributed by atoms with E-state index in [0.717, 1.165) is 12.8 Å². The molecule has 3 aromatic rings. The Labute approximate surface area is 137 Å². The van der Waals surface area contributed by atoms with E-state index < -0.39 is 6.43 Å². The van der Waals surface area contributed by atoms with Crippen molar-refractivity contribution in [3.8, 4) is 11.6 Å². The van der Waals surface area contributed by atoms with Crippen molar-refractivity contribution in [1.29, 1.82) is 0 Å². The second-order valence-electron chi connectivity index (χ2n) is 6.20. The van der Waals surface area contributed by atoms with Gasteiger partial charge in [0.1, 0.15) is 11.4 Å². The van der Waals surface area contributed by atoms with E-state index in [-0.39, 0.29) is 17.0 Å². The van der Waals surface area contributed by atoms with Crippen LogP contribution >= 0.6 is 0 Å². The number of benzene rings is 1. The minimum atomic E-state index is -2.63. The zero-order valence-corrected chi connectivity index (χ0v) is 13.3. The van der Waals surface area contributed by atoms with E-state index in [0.29, 0.717) is 11.5 Å². The number of alkyl halides is 2. The van der Waals surface area contributed by atoms with Crippen LogP contribution in [-0.2, 0) is 12.5 Å². The van der Waals surface area contributed by atoms with Gasteiger partial charge in [0.25, 0.3) is 12.3 Å². The van der Waals surface area contributed by atoms with E-state index >= 15 is 0 Å². The molecule has 2 aromatic heterocycles. The monoisotopic (exact) mass is 330 g/mol. The summed E-state index contributed by atoms with van der Waals surface area (Å²) < 4.78 is 32.3. The predicted octanol–water partition coefficient (Wildman–Crippen LogP) is 3.80. The van der Waals surface area contributed by atoms with E-state index in [9.17, 15) is 8.78 Å². The minimum absolute atomic E-state index is 0.215. The van der Waals surface area contributed by atoms with Gasteiger partial charge in [-0.25, -0.2) is 8.78 Å². The first-order valence-electron chi connectivity index (χ1n) is 7.74. The van der Waals surface area contributed by atoms with Crippen molar-refractivity contribution in [1.82, 2.24) is 19.9 Å². The van der Waals surface area contributed by atoms with Crippen LogP contribution in [0.5, 0.6) is 0 Å². The molecule has 2 heterocycles. The van der Waals surface area contributed by atoms with Crippen molar-refractivity contribution in [2.45, 2.75) is 31.6 Å². The molecule has 0 N–H and O–H groups in total. The van der Waals surface area contributed by atoms with Gasteiger partial charge in [0.15, 0.2) is 5.82 Å². The molecule has 0 bridgehead atoms. The van der Waals surface area contributed by atoms with Crippen LogP contribution in [0.25, 0.3) is 11.6 Å². The minimum Gasteiger partial charge on any atom is -0.332 e. The lowest BCUT2D eigenvalue weighted by molar-refractivity contribution is 0.145. The van der Waals surface area contributed by atoms with Crippen molar-refractivity contribution in [2.24, 2.45) is 7.05 Å². The zero-order valence-electron chi connectivity index (χ0n) is 13.3. The van der Waals surface area contributed by atoms with Crippen LogP contribution in [0.1, 0.15) is 41.9 Å². The Morgan fingerprint density at radius 1 is 1.25 bits per heavy atom. The summed E-state index contributed by atoms with van der Waals surface area (Å²) in [6.45, 7) is 2.06. The van der Waals surface area contributed by atoms with Gasteiger partial charge < -0.3 is 4.52 Å². The summed E-state index contributed by atoms with van der Waals surface area (Å²) in [4.78, 5) is 4.48. The molecule has 0 spiro atoms. The number of nitrogens with zero attached hydrogens (tertiary/aromatic N) is 4. The third-order valence-corrected chi connectivity index (χ3v) is 4.61. The van der Waals surface area contributed by atoms with Crippen LogP contribution in [0.4, 0.5) is 8.78 Å². The summed E-state index contributed by atoms with van der Waals surface area (Å²) in [5.41, 5.74) is 2.24. The first-order chi connectivity index (χ1) is 11.5. The number of halogens is 2. The highest BCUT2D eigenvalue weighted by molar-refractivity contribution is 5.50. The molecule has 5 nitrogen and oxygen atoms in total. The molecule has 7 heteroatoms. The molecule has 1 aliphatic rings. The molecule has 4 rings (SSSR count). The topological polar surface area (TPSA) is 56.7 Å². The summed E-state index contributed by atoms with van der Waals surface area (Å²) in [5, 5.41) is 7.91. The number of aryl methyl sites for hydroxylation is 2. The van der Waals surface area contributed by atoms with Gasteiger partial charge in [0, 0.05) is 7.05 Å². The Kier molecular flexibility index (Phi) is 3.26. The third kappa shape index (κ3) is 2.23. The molecule has 1 aromatic carbocycles. The smallest absolute Gasteiger partial charge is 0.282 e. The highest BCUT2D eigenvalue weighted by Gasteiger charge is 2.50. The molecule has 24 heavy (non-hydrogen) atoms. The molecule has 1 saturated carbocycles. The zero-order chi connectivity index (χ0) is 16.9. The molecule has 0 radical (unpaired) electrons. The normalized spacial score (nSPS) is 15.9. The van der Waals surface area contributed by atoms with Crippen LogP contribution in [0.3, 0.4) is 0 Å². The van der Waals surface area contributed by atoms with Crippen molar-refractivity contribution in [2.75, 3.05) is 0 Å². The summed E-state index contributed by atoms with van der Waals surface area (Å²) in [6, 6.07) is 9.43. The molecular weight excluding hydrogens is 314 g/mol. The lowest BCUT2D eigenvalue weighted by atomic mass is 9.91. The van der Waals surface area contributed by atoms with Crippen molar-refractivity contribution < 1.29 is 13.3 Å². The molecule has 0 atom stereocenters. The van der Waals surface area contributed by atoms with Crippen LogP contribution in [0.15, 0.2) is 34.9 Å². The van der Waals surface area contributed by atoms with E-state index in [2.05, 4.69) is 34.3 Å². The number of rotatable bonds is 4. The lowest BCUT2D eigenvalue weighted by Gasteiger charge is -2.13. The Balaban J connectivity index is 1.72. The van der Waals surface area contributed by atoms with Gasteiger partial charge in [-0.1, -0.05) is 29.4 Å². The first-order valence-corrected chi connectivity index (χ1v) is 7.74. The van der Waals surface area contributed by atoms with Gasteiger partial charge in [-0.15, -0.1) is 0 Å². The second kappa shape index (κ2) is 5.22. The van der Waals surface area contributed by atoms with Gasteiger partial charge >= 0.3 is 0 Å². The van der Waals surface area contributed by atoms with E-state index in [1.807, 2.05) is 12.1 Å². The Morgan fingerprint density at radius 2 is 2.00 bits per heavy atom. The third-order valence-electron chi connectivity index (χ3n) is 4.61. The SMILES string of the molecule is Cc1ccccc1C1(c2noc(-c3cc(C(F)F)nn3C)n2)CC1. The number of hydrogen-bond donors (Lipinski definition) is 0. The van der Waals surface area contributed by atoms with E-state index in [1.54, 1.807) is 7.05 Å². The van der Waals surface area contributed by atoms with Crippen LogP contribution in [0.2, 0.25) is 0 Å². The summed E-state index contributed by atoms with van der Waals surface area (Å²) in [5.74, 6) is 0.818. The highest BCUT2D eigenvalue weighted by Crippen LogP contribution is 2.53. The maximum absolute atomic E-state index is 12.8. The maximum Gasteiger partial charge on any atom is 0.282 e. The Morgan fingerprint density at radius 3 is 2.62 bits per heavy atom. The summed E-state index contributed by atoms with van der Waals surface area (Å²) in [7, 11) is 1.58. The largest absolute Gasteiger partial charge is 0.332 e. The molecule has 0 aliphatic heterocycles. The molecule has 1 aliphatic carbocycles. The molecule has 0 saturated heterocycles. The second-order valence-corrected chi connectivity index (χ2v) is 6.20. The average Bonchev–Trinajstić information content (AvgIpc) is 3.02. The Bertz CT molecular complexity index is 896. The molecule has 0 amide bonds. The van der Waals surface area contributed by atoms with Crippen molar-refractivity contribution in [3.05, 3.63) is 53.0 Å². The fourth-order valence-corrected chi connectivity index (χ4v) is 3.17. The van der Waals surface area contributed by atoms with Crippen LogP contribution < -0.4 is 0 Å². The fraction of sp³-hybridized carbons (Fsp3) is 0.353. The highest BCUT2D eigenvalue weighted by atomic mass is 19.3. The van der Waals surface area contributed by atoms with Gasteiger partial charge in [0.2, 0.25) is 0 Å². The molecular formula is C17H16F2N4O. The number of aromatic nitrogens is 4. The quantitative estimate of drug-likeness (QED) is 0.730. The number of hydrogen-bond acceptors (Lipinski definition) is 4. The van der Waals surface area contributed by atoms with Gasteiger partial charge in [0.05, 0.1) is 5.41 Å². The van der Waals surface area contributed by atoms with E-state index in [1.165, 1.54) is 21.9 Å². The summed E-state index contributed by atoms with van der Waals surface area (Å²) >= 11 is 0. The predicted molar refractivity (Wildman–Crippen MR) is 82.7 cm³/mol. The van der Waals surface area contributed by atoms with Crippen molar-refractivity contribution >= 4 is 0 Å². The van der Waals surface area contributed by atoms with Gasteiger partial charge in [-0.3, -0.25) is 4.68 Å². The Hall–Kier alpha value is -2.57. The van der Waals surface area contributed by atoms with Crippen LogP contribution in [0, 0.1) is 6.92 Å². The molecule has 0 unspecified atom stereocenters. The summed E-state index contributed by atoms with van der Waals surface area (Å²) in [6.07, 6.45) is -0.733.